The van der Waals surface area contributed by atoms with Crippen LogP contribution in [0.4, 0.5) is 0 Å². The molecule has 1 aromatic rings. The molecule has 0 bridgehead atoms. The van der Waals surface area contributed by atoms with Crippen LogP contribution in [-0.2, 0) is 16.8 Å². The third-order valence-electron chi connectivity index (χ3n) is 4.74. The van der Waals surface area contributed by atoms with Crippen molar-refractivity contribution in [2.24, 2.45) is 0 Å². The molecule has 1 aliphatic rings. The van der Waals surface area contributed by atoms with Gasteiger partial charge in [0, 0.05) is 0 Å². The Kier molecular flexibility index (Phi) is 8.59. The zero-order valence-electron chi connectivity index (χ0n) is 15.5. The van der Waals surface area contributed by atoms with Gasteiger partial charge in [0.25, 0.3) is 0 Å². The fourth-order valence-electron chi connectivity index (χ4n) is 3.30. The molecule has 1 aromatic carbocycles. The van der Waals surface area contributed by atoms with Crippen molar-refractivity contribution >= 4 is 10.4 Å². The predicted octanol–water partition coefficient (Wildman–Crippen LogP) is 5.95. The van der Waals surface area contributed by atoms with Crippen molar-refractivity contribution < 1.29 is 16.8 Å². The van der Waals surface area contributed by atoms with Gasteiger partial charge in [-0.15, -0.1) is 8.42 Å². The molecular weight excluding hydrogens is 336 g/mol. The molecule has 0 amide bonds. The fourth-order valence-corrected chi connectivity index (χ4v) is 4.08. The van der Waals surface area contributed by atoms with Crippen LogP contribution in [0.15, 0.2) is 18.2 Å². The molecule has 0 saturated carbocycles. The van der Waals surface area contributed by atoms with Crippen molar-refractivity contribution in [1.29, 1.82) is 0 Å². The van der Waals surface area contributed by atoms with E-state index in [1.54, 1.807) is 6.07 Å². The van der Waals surface area contributed by atoms with Crippen LogP contribution in [-0.4, -0.2) is 8.42 Å². The van der Waals surface area contributed by atoms with Crippen molar-refractivity contribution in [3.63, 3.8) is 0 Å². The maximum atomic E-state index is 11.4. The number of hydrogen-bond donors (Lipinski definition) is 0. The smallest absolute Gasteiger partial charge is 0.349 e. The molecule has 0 aliphatic carbocycles. The van der Waals surface area contributed by atoms with E-state index < -0.39 is 10.4 Å². The summed E-state index contributed by atoms with van der Waals surface area (Å²) in [7, 11) is -3.88. The van der Waals surface area contributed by atoms with Crippen molar-refractivity contribution in [3.05, 3.63) is 23.8 Å². The lowest BCUT2D eigenvalue weighted by Gasteiger charge is -2.05. The van der Waals surface area contributed by atoms with Crippen LogP contribution in [0.1, 0.15) is 89.5 Å². The van der Waals surface area contributed by atoms with Crippen LogP contribution in [0, 0.1) is 0 Å². The number of unbranched alkanes of at least 4 members (excludes halogenated alkanes) is 11. The van der Waals surface area contributed by atoms with E-state index in [-0.39, 0.29) is 0 Å². The Morgan fingerprint density at radius 3 is 1.92 bits per heavy atom. The maximum Gasteiger partial charge on any atom is 0.501 e. The third kappa shape index (κ3) is 7.27. The summed E-state index contributed by atoms with van der Waals surface area (Å²) in [6.07, 6.45) is 16.6. The van der Waals surface area contributed by atoms with Gasteiger partial charge in [-0.3, -0.25) is 0 Å². The molecule has 1 aliphatic heterocycles. The van der Waals surface area contributed by atoms with Crippen LogP contribution >= 0.6 is 0 Å². The third-order valence-corrected chi connectivity index (χ3v) is 5.49. The predicted molar refractivity (Wildman–Crippen MR) is 101 cm³/mol. The van der Waals surface area contributed by atoms with Crippen molar-refractivity contribution in [1.82, 2.24) is 0 Å². The van der Waals surface area contributed by atoms with E-state index in [0.29, 0.717) is 11.5 Å². The van der Waals surface area contributed by atoms with Gasteiger partial charge >= 0.3 is 10.4 Å². The quantitative estimate of drug-likeness (QED) is 0.404. The number of rotatable bonds is 13. The molecule has 0 atom stereocenters. The SMILES string of the molecule is CCCCCCCCCCCCCCc1cccc2c1OS(=O)(=O)O2. The Balaban J connectivity index is 1.51. The van der Waals surface area contributed by atoms with Crippen LogP contribution in [0.5, 0.6) is 11.5 Å². The monoisotopic (exact) mass is 368 g/mol. The van der Waals surface area contributed by atoms with E-state index in [4.69, 9.17) is 8.37 Å². The van der Waals surface area contributed by atoms with E-state index in [9.17, 15) is 8.42 Å². The van der Waals surface area contributed by atoms with Gasteiger partial charge in [-0.25, -0.2) is 0 Å². The Morgan fingerprint density at radius 2 is 1.32 bits per heavy atom. The van der Waals surface area contributed by atoms with Gasteiger partial charge in [0.2, 0.25) is 0 Å². The Labute approximate surface area is 153 Å². The number of aryl methyl sites for hydroxylation is 1. The second-order valence-electron chi connectivity index (χ2n) is 6.96. The number of fused-ring (bicyclic) bond motifs is 1. The van der Waals surface area contributed by atoms with Gasteiger partial charge in [0.1, 0.15) is 0 Å². The number of para-hydroxylation sites is 1. The zero-order chi connectivity index (χ0) is 18.0. The lowest BCUT2D eigenvalue weighted by molar-refractivity contribution is 0.435. The molecule has 2 rings (SSSR count). The second kappa shape index (κ2) is 10.7. The van der Waals surface area contributed by atoms with Crippen molar-refractivity contribution in [2.75, 3.05) is 0 Å². The Hall–Kier alpha value is -1.23. The summed E-state index contributed by atoms with van der Waals surface area (Å²) in [5, 5.41) is 0. The molecule has 1 heterocycles. The molecule has 142 valence electrons. The Bertz CT molecular complexity index is 610. The highest BCUT2D eigenvalue weighted by atomic mass is 32.3. The standard InChI is InChI=1S/C20H32O4S/c1-2-3-4-5-6-7-8-9-10-11-12-13-15-18-16-14-17-19-20(18)24-25(21,22)23-19/h14,16-17H,2-13,15H2,1H3. The van der Waals surface area contributed by atoms with Gasteiger partial charge in [0.05, 0.1) is 0 Å². The lowest BCUT2D eigenvalue weighted by atomic mass is 10.0. The lowest BCUT2D eigenvalue weighted by Crippen LogP contribution is -2.08. The molecule has 0 spiro atoms. The molecule has 4 nitrogen and oxygen atoms in total. The average Bonchev–Trinajstić information content (AvgIpc) is 2.90. The molecule has 5 heteroatoms. The topological polar surface area (TPSA) is 52.6 Å². The van der Waals surface area contributed by atoms with E-state index in [0.717, 1.165) is 18.4 Å². The first kappa shape index (κ1) is 20.1. The normalized spacial score (nSPS) is 14.8. The minimum Gasteiger partial charge on any atom is -0.349 e. The first-order valence-electron chi connectivity index (χ1n) is 9.88. The van der Waals surface area contributed by atoms with Gasteiger partial charge in [-0.05, 0) is 24.5 Å². The van der Waals surface area contributed by atoms with Gasteiger partial charge in [-0.1, -0.05) is 89.7 Å². The number of hydrogen-bond acceptors (Lipinski definition) is 4. The van der Waals surface area contributed by atoms with Crippen molar-refractivity contribution in [3.8, 4) is 11.5 Å². The van der Waals surface area contributed by atoms with Crippen LogP contribution in [0.2, 0.25) is 0 Å². The highest BCUT2D eigenvalue weighted by Gasteiger charge is 2.30. The first-order valence-corrected chi connectivity index (χ1v) is 11.2. The minimum atomic E-state index is -3.88. The average molecular weight is 369 g/mol. The number of benzene rings is 1. The molecule has 0 radical (unpaired) electrons. The van der Waals surface area contributed by atoms with Crippen molar-refractivity contribution in [2.45, 2.75) is 90.4 Å². The maximum absolute atomic E-state index is 11.4. The first-order chi connectivity index (χ1) is 12.1. The summed E-state index contributed by atoms with van der Waals surface area (Å²) in [5.41, 5.74) is 0.922. The van der Waals surface area contributed by atoms with Crippen LogP contribution in [0.25, 0.3) is 0 Å². The summed E-state index contributed by atoms with van der Waals surface area (Å²) in [5.74, 6) is 0.696. The molecule has 0 aromatic heterocycles. The summed E-state index contributed by atoms with van der Waals surface area (Å²) in [6, 6.07) is 5.37. The molecule has 0 fully saturated rings. The van der Waals surface area contributed by atoms with E-state index in [1.165, 1.54) is 70.6 Å². The fraction of sp³-hybridized carbons (Fsp3) is 0.700. The summed E-state index contributed by atoms with van der Waals surface area (Å²) < 4.78 is 32.5. The zero-order valence-corrected chi connectivity index (χ0v) is 16.3. The van der Waals surface area contributed by atoms with E-state index in [1.807, 2.05) is 12.1 Å². The van der Waals surface area contributed by atoms with Gasteiger partial charge < -0.3 is 8.37 Å². The highest BCUT2D eigenvalue weighted by Crippen LogP contribution is 2.39. The molecular formula is C20H32O4S. The largest absolute Gasteiger partial charge is 0.501 e. The minimum absolute atomic E-state index is 0.316. The van der Waals surface area contributed by atoms with Crippen LogP contribution in [0.3, 0.4) is 0 Å². The highest BCUT2D eigenvalue weighted by molar-refractivity contribution is 7.82. The van der Waals surface area contributed by atoms with Gasteiger partial charge in [0.15, 0.2) is 11.5 Å². The molecule has 0 unspecified atom stereocenters. The summed E-state index contributed by atoms with van der Waals surface area (Å²) in [6.45, 7) is 2.26. The Morgan fingerprint density at radius 1 is 0.760 bits per heavy atom. The van der Waals surface area contributed by atoms with E-state index in [2.05, 4.69) is 6.92 Å². The molecule has 25 heavy (non-hydrogen) atoms. The summed E-state index contributed by atoms with van der Waals surface area (Å²) in [4.78, 5) is 0. The molecule has 0 saturated heterocycles. The van der Waals surface area contributed by atoms with E-state index >= 15 is 0 Å². The molecule has 0 N–H and O–H groups in total. The summed E-state index contributed by atoms with van der Waals surface area (Å²) >= 11 is 0. The van der Waals surface area contributed by atoms with Crippen LogP contribution < -0.4 is 8.37 Å². The second-order valence-corrected chi connectivity index (χ2v) is 8.11. The van der Waals surface area contributed by atoms with Gasteiger partial charge in [-0.2, -0.15) is 0 Å².